The Bertz CT molecular complexity index is 513. The van der Waals surface area contributed by atoms with E-state index in [9.17, 15) is 13.2 Å². The molecule has 6 heteroatoms. The van der Waals surface area contributed by atoms with Gasteiger partial charge in [0.25, 0.3) is 0 Å². The summed E-state index contributed by atoms with van der Waals surface area (Å²) >= 11 is 0. The van der Waals surface area contributed by atoms with Gasteiger partial charge in [-0.2, -0.15) is 13.2 Å². The fraction of sp³-hybridized carbons (Fsp3) is 0.667. The number of halogens is 3. The molecule has 0 unspecified atom stereocenters. The summed E-state index contributed by atoms with van der Waals surface area (Å²) in [4.78, 5) is 6.22. The van der Waals surface area contributed by atoms with Crippen LogP contribution in [0.25, 0.3) is 0 Å². The van der Waals surface area contributed by atoms with Gasteiger partial charge in [-0.25, -0.2) is 4.98 Å². The average Bonchev–Trinajstić information content (AvgIpc) is 2.45. The van der Waals surface area contributed by atoms with E-state index in [1.165, 1.54) is 19.3 Å². The Kier molecular flexibility index (Phi) is 3.71. The van der Waals surface area contributed by atoms with Gasteiger partial charge in [0, 0.05) is 12.6 Å². The standard InChI is InChI=1S/C15H20F3N3/c16-15(17,18)11-8-13(19)20-14(9-11)21-7-3-5-10-4-1-2-6-12(10)21/h8-10,12H,1-7H2,(H2,19,20)/t10-,12-/m1/s1. The van der Waals surface area contributed by atoms with Gasteiger partial charge < -0.3 is 10.6 Å². The predicted molar refractivity (Wildman–Crippen MR) is 76.0 cm³/mol. The number of piperidine rings is 1. The summed E-state index contributed by atoms with van der Waals surface area (Å²) in [5, 5.41) is 0. The lowest BCUT2D eigenvalue weighted by atomic mass is 9.78. The third kappa shape index (κ3) is 2.94. The number of rotatable bonds is 1. The van der Waals surface area contributed by atoms with Gasteiger partial charge in [-0.3, -0.25) is 0 Å². The third-order valence-corrected chi connectivity index (χ3v) is 4.70. The van der Waals surface area contributed by atoms with Crippen molar-refractivity contribution in [3.05, 3.63) is 17.7 Å². The number of aromatic nitrogens is 1. The van der Waals surface area contributed by atoms with Crippen LogP contribution in [0.4, 0.5) is 24.8 Å². The molecule has 3 nitrogen and oxygen atoms in total. The molecule has 0 aromatic carbocycles. The molecule has 21 heavy (non-hydrogen) atoms. The average molecular weight is 299 g/mol. The number of fused-ring (bicyclic) bond motifs is 1. The lowest BCUT2D eigenvalue weighted by Crippen LogP contribution is -2.47. The maximum Gasteiger partial charge on any atom is 0.416 e. The van der Waals surface area contributed by atoms with E-state index in [2.05, 4.69) is 9.88 Å². The molecular weight excluding hydrogens is 279 g/mol. The van der Waals surface area contributed by atoms with Gasteiger partial charge in [0.05, 0.1) is 5.56 Å². The number of anilines is 2. The Morgan fingerprint density at radius 3 is 2.57 bits per heavy atom. The first-order valence-electron chi connectivity index (χ1n) is 7.56. The summed E-state index contributed by atoms with van der Waals surface area (Å²) < 4.78 is 38.8. The Labute approximate surface area is 122 Å². The molecule has 0 amide bonds. The van der Waals surface area contributed by atoms with Crippen LogP contribution in [-0.2, 0) is 6.18 Å². The molecule has 2 aliphatic rings. The van der Waals surface area contributed by atoms with Gasteiger partial charge in [0.1, 0.15) is 11.6 Å². The van der Waals surface area contributed by atoms with Crippen LogP contribution in [0.1, 0.15) is 44.1 Å². The molecule has 0 bridgehead atoms. The number of nitrogens with zero attached hydrogens (tertiary/aromatic N) is 2. The van der Waals surface area contributed by atoms with Crippen LogP contribution >= 0.6 is 0 Å². The molecule has 1 aromatic heterocycles. The van der Waals surface area contributed by atoms with E-state index < -0.39 is 11.7 Å². The van der Waals surface area contributed by atoms with Crippen molar-refractivity contribution in [2.24, 2.45) is 5.92 Å². The Hall–Kier alpha value is -1.46. The maximum absolute atomic E-state index is 12.9. The first-order chi connectivity index (χ1) is 9.95. The van der Waals surface area contributed by atoms with E-state index in [0.29, 0.717) is 17.8 Å². The van der Waals surface area contributed by atoms with Crippen LogP contribution in [0, 0.1) is 5.92 Å². The van der Waals surface area contributed by atoms with Crippen LogP contribution in [-0.4, -0.2) is 17.6 Å². The number of nitrogens with two attached hydrogens (primary N) is 1. The maximum atomic E-state index is 12.9. The molecule has 1 saturated carbocycles. The molecule has 3 rings (SSSR count). The molecule has 2 fully saturated rings. The topological polar surface area (TPSA) is 42.1 Å². The number of alkyl halides is 3. The first-order valence-corrected chi connectivity index (χ1v) is 7.56. The smallest absolute Gasteiger partial charge is 0.384 e. The van der Waals surface area contributed by atoms with Gasteiger partial charge in [-0.05, 0) is 43.7 Å². The lowest BCUT2D eigenvalue weighted by Gasteiger charge is -2.45. The van der Waals surface area contributed by atoms with Gasteiger partial charge in [-0.15, -0.1) is 0 Å². The Morgan fingerprint density at radius 2 is 1.81 bits per heavy atom. The van der Waals surface area contributed by atoms with E-state index in [-0.39, 0.29) is 5.82 Å². The lowest BCUT2D eigenvalue weighted by molar-refractivity contribution is -0.137. The van der Waals surface area contributed by atoms with Gasteiger partial charge in [-0.1, -0.05) is 12.8 Å². The normalized spacial score (nSPS) is 26.5. The highest BCUT2D eigenvalue weighted by atomic mass is 19.4. The predicted octanol–water partition coefficient (Wildman–Crippen LogP) is 3.84. The number of hydrogen-bond donors (Lipinski definition) is 1. The molecule has 1 aliphatic carbocycles. The van der Waals surface area contributed by atoms with E-state index in [1.54, 1.807) is 0 Å². The minimum Gasteiger partial charge on any atom is -0.384 e. The highest BCUT2D eigenvalue weighted by Crippen LogP contribution is 2.39. The molecular formula is C15H20F3N3. The van der Waals surface area contributed by atoms with Gasteiger partial charge in [0.2, 0.25) is 0 Å². The van der Waals surface area contributed by atoms with E-state index >= 15 is 0 Å². The van der Waals surface area contributed by atoms with Crippen LogP contribution in [0.15, 0.2) is 12.1 Å². The number of nitrogen functional groups attached to an aromatic ring is 1. The van der Waals surface area contributed by atoms with Crippen LogP contribution in [0.3, 0.4) is 0 Å². The SMILES string of the molecule is Nc1cc(C(F)(F)F)cc(N2CCC[C@H]3CCCC[C@H]32)n1. The minimum atomic E-state index is -4.38. The minimum absolute atomic E-state index is 0.0576. The van der Waals surface area contributed by atoms with E-state index in [0.717, 1.165) is 37.9 Å². The number of hydrogen-bond acceptors (Lipinski definition) is 3. The fourth-order valence-electron chi connectivity index (χ4n) is 3.76. The Balaban J connectivity index is 1.93. The second-order valence-electron chi connectivity index (χ2n) is 6.08. The largest absolute Gasteiger partial charge is 0.416 e. The van der Waals surface area contributed by atoms with Crippen molar-refractivity contribution in [3.8, 4) is 0 Å². The van der Waals surface area contributed by atoms with Crippen LogP contribution in [0.5, 0.6) is 0 Å². The van der Waals surface area contributed by atoms with E-state index in [4.69, 9.17) is 5.73 Å². The van der Waals surface area contributed by atoms with Crippen molar-refractivity contribution in [1.29, 1.82) is 0 Å². The zero-order valence-corrected chi connectivity index (χ0v) is 11.9. The third-order valence-electron chi connectivity index (χ3n) is 4.70. The summed E-state index contributed by atoms with van der Waals surface area (Å²) in [6.07, 6.45) is 2.40. The zero-order valence-electron chi connectivity index (χ0n) is 11.9. The van der Waals surface area contributed by atoms with E-state index in [1.807, 2.05) is 0 Å². The van der Waals surface area contributed by atoms with Crippen molar-refractivity contribution in [3.63, 3.8) is 0 Å². The molecule has 1 aromatic rings. The van der Waals surface area contributed by atoms with Gasteiger partial charge in [0.15, 0.2) is 0 Å². The second-order valence-corrected chi connectivity index (χ2v) is 6.08. The molecule has 2 heterocycles. The second kappa shape index (κ2) is 5.39. The molecule has 1 aliphatic heterocycles. The van der Waals surface area contributed by atoms with Crippen LogP contribution in [0.2, 0.25) is 0 Å². The number of pyridine rings is 1. The monoisotopic (exact) mass is 299 g/mol. The quantitative estimate of drug-likeness (QED) is 0.856. The summed E-state index contributed by atoms with van der Waals surface area (Å²) in [6, 6.07) is 2.38. The molecule has 0 radical (unpaired) electrons. The van der Waals surface area contributed by atoms with Crippen molar-refractivity contribution in [2.75, 3.05) is 17.2 Å². The van der Waals surface area contributed by atoms with Gasteiger partial charge >= 0.3 is 6.18 Å². The van der Waals surface area contributed by atoms with Crippen molar-refractivity contribution in [1.82, 2.24) is 4.98 Å². The first kappa shape index (κ1) is 14.5. The highest BCUT2D eigenvalue weighted by molar-refractivity contribution is 5.50. The summed E-state index contributed by atoms with van der Waals surface area (Å²) in [6.45, 7) is 0.773. The van der Waals surface area contributed by atoms with Crippen molar-refractivity contribution < 1.29 is 13.2 Å². The molecule has 2 N–H and O–H groups in total. The summed E-state index contributed by atoms with van der Waals surface area (Å²) in [5.41, 5.74) is 4.89. The highest BCUT2D eigenvalue weighted by Gasteiger charge is 2.36. The van der Waals surface area contributed by atoms with Crippen molar-refractivity contribution >= 4 is 11.6 Å². The molecule has 0 spiro atoms. The summed E-state index contributed by atoms with van der Waals surface area (Å²) in [7, 11) is 0. The Morgan fingerprint density at radius 1 is 1.10 bits per heavy atom. The zero-order chi connectivity index (χ0) is 15.0. The van der Waals surface area contributed by atoms with Crippen molar-refractivity contribution in [2.45, 2.75) is 50.7 Å². The fourth-order valence-corrected chi connectivity index (χ4v) is 3.76. The van der Waals surface area contributed by atoms with Crippen LogP contribution < -0.4 is 10.6 Å². The molecule has 1 saturated heterocycles. The molecule has 2 atom stereocenters. The summed E-state index contributed by atoms with van der Waals surface area (Å²) in [5.74, 6) is 0.918. The molecule has 116 valence electrons.